The third kappa shape index (κ3) is 2.72. The Morgan fingerprint density at radius 1 is 1.22 bits per heavy atom. The Morgan fingerprint density at radius 3 is 2.72 bits per heavy atom. The van der Waals surface area contributed by atoms with Crippen molar-refractivity contribution in [3.05, 3.63) is 62.5 Å². The summed E-state index contributed by atoms with van der Waals surface area (Å²) in [6, 6.07) is 7.61. The van der Waals surface area contributed by atoms with Gasteiger partial charge in [-0.15, -0.1) is 0 Å². The van der Waals surface area contributed by atoms with Crippen molar-refractivity contribution in [3.8, 4) is 0 Å². The van der Waals surface area contributed by atoms with E-state index in [1.807, 2.05) is 0 Å². The fraction of sp³-hybridized carbons (Fsp3) is 0. The summed E-state index contributed by atoms with van der Waals surface area (Å²) >= 11 is 11.8. The van der Waals surface area contributed by atoms with Gasteiger partial charge in [0.05, 0.1) is 15.7 Å². The van der Waals surface area contributed by atoms with Crippen molar-refractivity contribution >= 4 is 34.8 Å². The lowest BCUT2D eigenvalue weighted by Gasteiger charge is -2.07. The van der Waals surface area contributed by atoms with Crippen LogP contribution in [0.3, 0.4) is 0 Å². The van der Waals surface area contributed by atoms with Gasteiger partial charge in [-0.2, -0.15) is 0 Å². The van der Waals surface area contributed by atoms with E-state index < -0.39 is 5.91 Å². The molecular weight excluding hydrogens is 275 g/mol. The Morgan fingerprint density at radius 2 is 2.00 bits per heavy atom. The minimum Gasteiger partial charge on any atom is -0.329 e. The number of nitrogens with one attached hydrogen (secondary N) is 2. The number of halogens is 2. The van der Waals surface area contributed by atoms with Gasteiger partial charge in [0.25, 0.3) is 5.91 Å². The summed E-state index contributed by atoms with van der Waals surface area (Å²) in [5.41, 5.74) is 0.295. The van der Waals surface area contributed by atoms with Gasteiger partial charge in [0.15, 0.2) is 0 Å². The minimum absolute atomic E-state index is 0.245. The molecule has 0 aliphatic carbocycles. The molecule has 1 aromatic heterocycles. The molecule has 0 bridgehead atoms. The number of H-pyrrole nitrogens is 1. The second kappa shape index (κ2) is 5.25. The standard InChI is InChI=1S/C12H8Cl2N2O2/c13-8-2-1-3-9(11(8)14)16-12(18)7-4-5-15-10(17)6-7/h1-6H,(H,15,17)(H,16,18). The molecular formula is C12H8Cl2N2O2. The molecule has 6 heteroatoms. The number of aromatic nitrogens is 1. The predicted molar refractivity (Wildman–Crippen MR) is 71.5 cm³/mol. The molecule has 2 rings (SSSR count). The molecule has 0 atom stereocenters. The van der Waals surface area contributed by atoms with Crippen LogP contribution in [0.15, 0.2) is 41.3 Å². The van der Waals surface area contributed by atoms with Gasteiger partial charge in [-0.05, 0) is 18.2 Å². The molecule has 1 amide bonds. The summed E-state index contributed by atoms with van der Waals surface area (Å²) in [4.78, 5) is 25.4. The molecule has 0 spiro atoms. The van der Waals surface area contributed by atoms with Crippen LogP contribution < -0.4 is 10.9 Å². The molecule has 18 heavy (non-hydrogen) atoms. The molecule has 1 aromatic carbocycles. The fourth-order valence-corrected chi connectivity index (χ4v) is 1.73. The number of amides is 1. The van der Waals surface area contributed by atoms with Gasteiger partial charge in [0.2, 0.25) is 5.56 Å². The zero-order valence-electron chi connectivity index (χ0n) is 9.04. The fourth-order valence-electron chi connectivity index (χ4n) is 1.38. The van der Waals surface area contributed by atoms with Crippen LogP contribution in [0, 0.1) is 0 Å². The minimum atomic E-state index is -0.426. The smallest absolute Gasteiger partial charge is 0.255 e. The van der Waals surface area contributed by atoms with Crippen molar-refractivity contribution < 1.29 is 4.79 Å². The molecule has 0 radical (unpaired) electrons. The van der Waals surface area contributed by atoms with E-state index in [1.165, 1.54) is 18.3 Å². The van der Waals surface area contributed by atoms with Crippen LogP contribution in [0.5, 0.6) is 0 Å². The Bertz CT molecular complexity index is 653. The van der Waals surface area contributed by atoms with Gasteiger partial charge in [0.1, 0.15) is 0 Å². The van der Waals surface area contributed by atoms with Crippen molar-refractivity contribution in [3.63, 3.8) is 0 Å². The van der Waals surface area contributed by atoms with Crippen LogP contribution in [-0.2, 0) is 0 Å². The van der Waals surface area contributed by atoms with E-state index in [9.17, 15) is 9.59 Å². The van der Waals surface area contributed by atoms with Gasteiger partial charge < -0.3 is 10.3 Å². The maximum atomic E-state index is 11.9. The van der Waals surface area contributed by atoms with E-state index in [-0.39, 0.29) is 16.1 Å². The van der Waals surface area contributed by atoms with E-state index in [0.717, 1.165) is 0 Å². The van der Waals surface area contributed by atoms with E-state index in [2.05, 4.69) is 10.3 Å². The predicted octanol–water partition coefficient (Wildman–Crippen LogP) is 2.93. The quantitative estimate of drug-likeness (QED) is 0.890. The number of hydrogen-bond acceptors (Lipinski definition) is 2. The van der Waals surface area contributed by atoms with Crippen LogP contribution in [0.2, 0.25) is 10.0 Å². The monoisotopic (exact) mass is 282 g/mol. The summed E-state index contributed by atoms with van der Waals surface area (Å²) in [5, 5.41) is 3.20. The summed E-state index contributed by atoms with van der Waals surface area (Å²) < 4.78 is 0. The number of hydrogen-bond donors (Lipinski definition) is 2. The molecule has 0 unspecified atom stereocenters. The summed E-state index contributed by atoms with van der Waals surface area (Å²) in [5.74, 6) is -0.426. The maximum absolute atomic E-state index is 11.9. The van der Waals surface area contributed by atoms with E-state index in [4.69, 9.17) is 23.2 Å². The largest absolute Gasteiger partial charge is 0.329 e. The normalized spacial score (nSPS) is 10.1. The first-order valence-corrected chi connectivity index (χ1v) is 5.77. The third-order valence-corrected chi connectivity index (χ3v) is 3.06. The summed E-state index contributed by atoms with van der Waals surface area (Å²) in [6.45, 7) is 0. The number of rotatable bonds is 2. The molecule has 2 aromatic rings. The first kappa shape index (κ1) is 12.7. The van der Waals surface area contributed by atoms with Gasteiger partial charge in [0, 0.05) is 17.8 Å². The van der Waals surface area contributed by atoms with Crippen LogP contribution >= 0.6 is 23.2 Å². The molecule has 0 saturated heterocycles. The first-order valence-electron chi connectivity index (χ1n) is 5.02. The van der Waals surface area contributed by atoms with Crippen molar-refractivity contribution in [1.29, 1.82) is 0 Å². The second-order valence-electron chi connectivity index (χ2n) is 3.50. The van der Waals surface area contributed by atoms with Gasteiger partial charge in [-0.25, -0.2) is 0 Å². The zero-order chi connectivity index (χ0) is 13.1. The van der Waals surface area contributed by atoms with Crippen LogP contribution in [0.25, 0.3) is 0 Å². The maximum Gasteiger partial charge on any atom is 0.255 e. The lowest BCUT2D eigenvalue weighted by atomic mass is 10.2. The van der Waals surface area contributed by atoms with Gasteiger partial charge in [-0.3, -0.25) is 9.59 Å². The summed E-state index contributed by atoms with van der Waals surface area (Å²) in [7, 11) is 0. The lowest BCUT2D eigenvalue weighted by molar-refractivity contribution is 0.102. The average molecular weight is 283 g/mol. The number of anilines is 1. The highest BCUT2D eigenvalue weighted by Crippen LogP contribution is 2.29. The molecule has 92 valence electrons. The van der Waals surface area contributed by atoms with Crippen molar-refractivity contribution in [2.24, 2.45) is 0 Å². The van der Waals surface area contributed by atoms with E-state index in [0.29, 0.717) is 10.7 Å². The molecule has 0 fully saturated rings. The van der Waals surface area contributed by atoms with Gasteiger partial charge in [-0.1, -0.05) is 29.3 Å². The molecule has 4 nitrogen and oxygen atoms in total. The Balaban J connectivity index is 2.27. The highest BCUT2D eigenvalue weighted by molar-refractivity contribution is 6.44. The van der Waals surface area contributed by atoms with Crippen LogP contribution in [0.4, 0.5) is 5.69 Å². The Kier molecular flexibility index (Phi) is 3.69. The SMILES string of the molecule is O=C(Nc1cccc(Cl)c1Cl)c1cc[nH]c(=O)c1. The van der Waals surface area contributed by atoms with Crippen molar-refractivity contribution in [1.82, 2.24) is 4.98 Å². The average Bonchev–Trinajstić information content (AvgIpc) is 2.35. The number of aromatic amines is 1. The van der Waals surface area contributed by atoms with E-state index in [1.54, 1.807) is 18.2 Å². The molecule has 0 saturated carbocycles. The van der Waals surface area contributed by atoms with Gasteiger partial charge >= 0.3 is 0 Å². The Hall–Kier alpha value is -1.78. The lowest BCUT2D eigenvalue weighted by Crippen LogP contribution is -2.15. The first-order chi connectivity index (χ1) is 8.58. The Labute approximate surface area is 113 Å². The zero-order valence-corrected chi connectivity index (χ0v) is 10.5. The molecule has 0 aliphatic heterocycles. The van der Waals surface area contributed by atoms with Crippen molar-refractivity contribution in [2.45, 2.75) is 0 Å². The number of carbonyl (C=O) groups is 1. The number of carbonyl (C=O) groups excluding carboxylic acids is 1. The van der Waals surface area contributed by atoms with Crippen LogP contribution in [0.1, 0.15) is 10.4 Å². The number of benzene rings is 1. The third-order valence-electron chi connectivity index (χ3n) is 2.24. The highest BCUT2D eigenvalue weighted by atomic mass is 35.5. The molecule has 0 aliphatic rings. The van der Waals surface area contributed by atoms with Crippen molar-refractivity contribution in [2.75, 3.05) is 5.32 Å². The second-order valence-corrected chi connectivity index (χ2v) is 4.28. The molecule has 1 heterocycles. The van der Waals surface area contributed by atoms with Crippen LogP contribution in [-0.4, -0.2) is 10.9 Å². The van der Waals surface area contributed by atoms with E-state index >= 15 is 0 Å². The topological polar surface area (TPSA) is 62.0 Å². The molecule has 2 N–H and O–H groups in total. The number of pyridine rings is 1. The summed E-state index contributed by atoms with van der Waals surface area (Å²) in [6.07, 6.45) is 1.40. The highest BCUT2D eigenvalue weighted by Gasteiger charge is 2.10.